The van der Waals surface area contributed by atoms with Gasteiger partial charge in [-0.1, -0.05) is 50.6 Å². The molecule has 3 heteroatoms. The van der Waals surface area contributed by atoms with E-state index < -0.39 is 0 Å². The second-order valence-electron chi connectivity index (χ2n) is 5.92. The van der Waals surface area contributed by atoms with Gasteiger partial charge in [0.2, 0.25) is 0 Å². The summed E-state index contributed by atoms with van der Waals surface area (Å²) in [7, 11) is 0. The van der Waals surface area contributed by atoms with Crippen LogP contribution >= 0.6 is 11.6 Å². The number of halogens is 1. The van der Waals surface area contributed by atoms with Gasteiger partial charge in [0.1, 0.15) is 12.4 Å². The van der Waals surface area contributed by atoms with Crippen LogP contribution in [0.4, 0.5) is 5.69 Å². The highest BCUT2D eigenvalue weighted by molar-refractivity contribution is 6.33. The van der Waals surface area contributed by atoms with Crippen LogP contribution in [-0.4, -0.2) is 0 Å². The van der Waals surface area contributed by atoms with Crippen molar-refractivity contribution in [1.82, 2.24) is 0 Å². The highest BCUT2D eigenvalue weighted by atomic mass is 35.5. The van der Waals surface area contributed by atoms with Crippen LogP contribution in [0.3, 0.4) is 0 Å². The predicted molar refractivity (Wildman–Crippen MR) is 85.3 cm³/mol. The first-order chi connectivity index (χ1) is 9.36. The molecular weight excluding hydrogens is 270 g/mol. The predicted octanol–water partition coefficient (Wildman–Crippen LogP) is 4.80. The minimum Gasteiger partial charge on any atom is -0.489 e. The van der Waals surface area contributed by atoms with Gasteiger partial charge in [0.25, 0.3) is 0 Å². The number of rotatable bonds is 3. The molecule has 0 aromatic heterocycles. The van der Waals surface area contributed by atoms with Gasteiger partial charge in [0, 0.05) is 0 Å². The largest absolute Gasteiger partial charge is 0.489 e. The van der Waals surface area contributed by atoms with Crippen molar-refractivity contribution < 1.29 is 4.74 Å². The Hall–Kier alpha value is -1.67. The van der Waals surface area contributed by atoms with Crippen LogP contribution in [-0.2, 0) is 12.0 Å². The zero-order valence-electron chi connectivity index (χ0n) is 12.1. The van der Waals surface area contributed by atoms with Crippen LogP contribution in [0.2, 0.25) is 5.02 Å². The first-order valence-corrected chi connectivity index (χ1v) is 7.01. The molecule has 0 heterocycles. The number of hydrogen-bond donors (Lipinski definition) is 1. The summed E-state index contributed by atoms with van der Waals surface area (Å²) in [5.74, 6) is 0.867. The van der Waals surface area contributed by atoms with Gasteiger partial charge in [-0.2, -0.15) is 0 Å². The smallest absolute Gasteiger partial charge is 0.120 e. The lowest BCUT2D eigenvalue weighted by atomic mass is 9.87. The van der Waals surface area contributed by atoms with Crippen LogP contribution in [0.5, 0.6) is 5.75 Å². The first kappa shape index (κ1) is 14.7. The van der Waals surface area contributed by atoms with E-state index in [1.807, 2.05) is 24.3 Å². The zero-order valence-corrected chi connectivity index (χ0v) is 12.9. The van der Waals surface area contributed by atoms with Crippen molar-refractivity contribution in [2.45, 2.75) is 32.8 Å². The average molecular weight is 290 g/mol. The number of nitrogens with two attached hydrogens (primary N) is 1. The summed E-state index contributed by atoms with van der Waals surface area (Å²) in [6.45, 7) is 7.04. The number of benzene rings is 2. The zero-order chi connectivity index (χ0) is 14.8. The first-order valence-electron chi connectivity index (χ1n) is 6.63. The van der Waals surface area contributed by atoms with Crippen LogP contribution in [0, 0.1) is 0 Å². The minimum absolute atomic E-state index is 0.115. The Morgan fingerprint density at radius 1 is 1.10 bits per heavy atom. The summed E-state index contributed by atoms with van der Waals surface area (Å²) >= 11 is 5.90. The van der Waals surface area contributed by atoms with Gasteiger partial charge in [0.05, 0.1) is 10.7 Å². The molecule has 0 aliphatic carbocycles. The van der Waals surface area contributed by atoms with E-state index >= 15 is 0 Å². The Kier molecular flexibility index (Phi) is 4.24. The summed E-state index contributed by atoms with van der Waals surface area (Å²) in [4.78, 5) is 0. The van der Waals surface area contributed by atoms with Crippen molar-refractivity contribution in [3.05, 3.63) is 58.6 Å². The molecule has 20 heavy (non-hydrogen) atoms. The van der Waals surface area contributed by atoms with E-state index in [1.54, 1.807) is 6.07 Å². The van der Waals surface area contributed by atoms with Crippen molar-refractivity contribution in [1.29, 1.82) is 0 Å². The van der Waals surface area contributed by atoms with Crippen molar-refractivity contribution >= 4 is 17.3 Å². The van der Waals surface area contributed by atoms with Gasteiger partial charge in [-0.05, 0) is 40.8 Å². The normalized spacial score (nSPS) is 11.4. The molecule has 2 nitrogen and oxygen atoms in total. The number of anilines is 1. The van der Waals surface area contributed by atoms with E-state index in [9.17, 15) is 0 Å². The van der Waals surface area contributed by atoms with E-state index in [0.29, 0.717) is 17.3 Å². The maximum atomic E-state index is 5.90. The Labute approximate surface area is 125 Å². The quantitative estimate of drug-likeness (QED) is 0.824. The highest BCUT2D eigenvalue weighted by Crippen LogP contribution is 2.26. The van der Waals surface area contributed by atoms with E-state index in [-0.39, 0.29) is 5.41 Å². The fourth-order valence-electron chi connectivity index (χ4n) is 1.90. The molecule has 106 valence electrons. The van der Waals surface area contributed by atoms with Crippen molar-refractivity contribution in [3.8, 4) is 5.75 Å². The fraction of sp³-hybridized carbons (Fsp3) is 0.294. The lowest BCUT2D eigenvalue weighted by Gasteiger charge is -2.19. The third-order valence-electron chi connectivity index (χ3n) is 3.17. The molecule has 0 aliphatic rings. The van der Waals surface area contributed by atoms with Crippen molar-refractivity contribution in [2.75, 3.05) is 5.73 Å². The molecule has 0 atom stereocenters. The molecule has 0 bridgehead atoms. The molecule has 0 saturated heterocycles. The molecule has 2 N–H and O–H groups in total. The second-order valence-corrected chi connectivity index (χ2v) is 6.33. The summed E-state index contributed by atoms with van der Waals surface area (Å²) in [5, 5.41) is 0.573. The van der Waals surface area contributed by atoms with Gasteiger partial charge in [-0.3, -0.25) is 0 Å². The molecular formula is C17H20ClNO. The Morgan fingerprint density at radius 3 is 2.50 bits per heavy atom. The third kappa shape index (κ3) is 3.67. The van der Waals surface area contributed by atoms with Crippen LogP contribution in [0.15, 0.2) is 42.5 Å². The van der Waals surface area contributed by atoms with Gasteiger partial charge in [-0.15, -0.1) is 0 Å². The van der Waals surface area contributed by atoms with Crippen molar-refractivity contribution in [3.63, 3.8) is 0 Å². The monoisotopic (exact) mass is 289 g/mol. The average Bonchev–Trinajstić information content (AvgIpc) is 2.39. The lowest BCUT2D eigenvalue weighted by molar-refractivity contribution is 0.305. The fourth-order valence-corrected chi connectivity index (χ4v) is 2.02. The van der Waals surface area contributed by atoms with Crippen LogP contribution in [0.1, 0.15) is 31.9 Å². The van der Waals surface area contributed by atoms with E-state index in [2.05, 4.69) is 32.9 Å². The maximum absolute atomic E-state index is 5.90. The molecule has 0 fully saturated rings. The summed E-state index contributed by atoms with van der Waals surface area (Å²) in [6.07, 6.45) is 0. The molecule has 0 aliphatic heterocycles. The minimum atomic E-state index is 0.115. The second kappa shape index (κ2) is 5.76. The lowest BCUT2D eigenvalue weighted by Crippen LogP contribution is -2.11. The molecule has 0 amide bonds. The number of hydrogen-bond acceptors (Lipinski definition) is 2. The van der Waals surface area contributed by atoms with Gasteiger partial charge >= 0.3 is 0 Å². The van der Waals surface area contributed by atoms with Gasteiger partial charge in [0.15, 0.2) is 0 Å². The molecule has 0 unspecified atom stereocenters. The summed E-state index contributed by atoms with van der Waals surface area (Å²) in [5.41, 5.74) is 8.74. The maximum Gasteiger partial charge on any atom is 0.120 e. The summed E-state index contributed by atoms with van der Waals surface area (Å²) < 4.78 is 5.82. The van der Waals surface area contributed by atoms with Crippen LogP contribution < -0.4 is 10.5 Å². The van der Waals surface area contributed by atoms with Crippen LogP contribution in [0.25, 0.3) is 0 Å². The topological polar surface area (TPSA) is 35.2 Å². The third-order valence-corrected chi connectivity index (χ3v) is 3.51. The number of ether oxygens (including phenoxy) is 1. The molecule has 2 aromatic rings. The molecule has 2 rings (SSSR count). The molecule has 0 radical (unpaired) electrons. The van der Waals surface area contributed by atoms with E-state index in [0.717, 1.165) is 11.3 Å². The highest BCUT2D eigenvalue weighted by Gasteiger charge is 2.13. The summed E-state index contributed by atoms with van der Waals surface area (Å²) in [6, 6.07) is 13.7. The van der Waals surface area contributed by atoms with Gasteiger partial charge < -0.3 is 10.5 Å². The Bertz CT molecular complexity index is 602. The van der Waals surface area contributed by atoms with E-state index in [4.69, 9.17) is 22.1 Å². The Balaban J connectivity index is 2.09. The SMILES string of the molecule is CC(C)(C)c1cccc(OCc2ccc(Cl)c(N)c2)c1. The number of nitrogen functional groups attached to an aromatic ring is 1. The molecule has 2 aromatic carbocycles. The van der Waals surface area contributed by atoms with E-state index in [1.165, 1.54) is 5.56 Å². The standard InChI is InChI=1S/C17H20ClNO/c1-17(2,3)13-5-4-6-14(10-13)20-11-12-7-8-15(18)16(19)9-12/h4-10H,11,19H2,1-3H3. The van der Waals surface area contributed by atoms with Gasteiger partial charge in [-0.25, -0.2) is 0 Å². The Morgan fingerprint density at radius 2 is 1.85 bits per heavy atom. The molecule has 0 saturated carbocycles. The molecule has 0 spiro atoms. The van der Waals surface area contributed by atoms with Crippen molar-refractivity contribution in [2.24, 2.45) is 0 Å².